The summed E-state index contributed by atoms with van der Waals surface area (Å²) in [7, 11) is 0. The summed E-state index contributed by atoms with van der Waals surface area (Å²) in [5.74, 6) is 0.385. The monoisotopic (exact) mass is 272 g/mol. The van der Waals surface area contributed by atoms with Crippen LogP contribution in [-0.2, 0) is 4.79 Å². The molecule has 0 spiro atoms. The Morgan fingerprint density at radius 2 is 2.28 bits per heavy atom. The molecule has 0 saturated heterocycles. The van der Waals surface area contributed by atoms with Crippen molar-refractivity contribution in [2.45, 2.75) is 6.92 Å². The predicted molar refractivity (Wildman–Crippen MR) is 67.1 cm³/mol. The highest BCUT2D eigenvalue weighted by Gasteiger charge is 2.11. The number of fused-ring (bicyclic) bond motifs is 1. The standard InChI is InChI=1S/C11H12N2O4.ClH/c1-7(14)16-8-2-3-10-9(6-8)11(13-17-10)15-5-4-12;/h2-3,6H,4-5,12H2,1H3;1H. The smallest absolute Gasteiger partial charge is 0.308 e. The minimum atomic E-state index is -0.384. The maximum atomic E-state index is 10.8. The zero-order chi connectivity index (χ0) is 12.3. The maximum Gasteiger partial charge on any atom is 0.308 e. The largest absolute Gasteiger partial charge is 0.474 e. The van der Waals surface area contributed by atoms with Crippen molar-refractivity contribution in [3.8, 4) is 11.6 Å². The fraction of sp³-hybridized carbons (Fsp3) is 0.273. The SMILES string of the molecule is CC(=O)Oc1ccc2onc(OCCN)c2c1.Cl. The normalized spacial score (nSPS) is 9.89. The van der Waals surface area contributed by atoms with Crippen LogP contribution in [0.1, 0.15) is 6.92 Å². The number of carbonyl (C=O) groups is 1. The quantitative estimate of drug-likeness (QED) is 0.670. The zero-order valence-electron chi connectivity index (χ0n) is 9.71. The molecule has 0 radical (unpaired) electrons. The number of carbonyl (C=O) groups excluding carboxylic acids is 1. The first-order valence-corrected chi connectivity index (χ1v) is 5.11. The van der Waals surface area contributed by atoms with Gasteiger partial charge in [0.25, 0.3) is 5.88 Å². The van der Waals surface area contributed by atoms with Gasteiger partial charge in [0.05, 0.1) is 5.39 Å². The number of nitrogens with zero attached hydrogens (tertiary/aromatic N) is 1. The Morgan fingerprint density at radius 1 is 1.50 bits per heavy atom. The van der Waals surface area contributed by atoms with Crippen LogP contribution in [0.25, 0.3) is 11.0 Å². The van der Waals surface area contributed by atoms with Crippen molar-refractivity contribution in [1.82, 2.24) is 5.16 Å². The number of benzene rings is 1. The first-order chi connectivity index (χ1) is 8.20. The third-order valence-electron chi connectivity index (χ3n) is 2.03. The van der Waals surface area contributed by atoms with Gasteiger partial charge in [0.1, 0.15) is 12.4 Å². The van der Waals surface area contributed by atoms with E-state index in [-0.39, 0.29) is 18.4 Å². The molecule has 2 rings (SSSR count). The molecule has 2 aromatic rings. The molecule has 0 aliphatic rings. The summed E-state index contributed by atoms with van der Waals surface area (Å²) in [4.78, 5) is 10.8. The predicted octanol–water partition coefficient (Wildman–Crippen LogP) is 1.51. The van der Waals surface area contributed by atoms with Crippen LogP contribution in [0.15, 0.2) is 22.7 Å². The van der Waals surface area contributed by atoms with E-state index in [1.807, 2.05) is 0 Å². The number of hydrogen-bond donors (Lipinski definition) is 1. The summed E-state index contributed by atoms with van der Waals surface area (Å²) < 4.78 is 15.3. The maximum absolute atomic E-state index is 10.8. The molecule has 0 aliphatic heterocycles. The Labute approximate surface area is 109 Å². The molecule has 0 atom stereocenters. The number of nitrogens with two attached hydrogens (primary N) is 1. The number of ether oxygens (including phenoxy) is 2. The van der Waals surface area contributed by atoms with Crippen LogP contribution in [0.5, 0.6) is 11.6 Å². The Bertz CT molecular complexity index is 541. The van der Waals surface area contributed by atoms with Crippen molar-refractivity contribution in [1.29, 1.82) is 0 Å². The van der Waals surface area contributed by atoms with Gasteiger partial charge in [-0.1, -0.05) is 0 Å². The number of aromatic nitrogens is 1. The summed E-state index contributed by atoms with van der Waals surface area (Å²) in [6, 6.07) is 4.93. The van der Waals surface area contributed by atoms with Crippen molar-refractivity contribution in [3.05, 3.63) is 18.2 Å². The second-order valence-corrected chi connectivity index (χ2v) is 3.38. The highest BCUT2D eigenvalue weighted by molar-refractivity contribution is 5.85. The van der Waals surface area contributed by atoms with Crippen molar-refractivity contribution in [2.75, 3.05) is 13.2 Å². The Hall–Kier alpha value is -1.79. The summed E-state index contributed by atoms with van der Waals surface area (Å²) >= 11 is 0. The molecule has 18 heavy (non-hydrogen) atoms. The second-order valence-electron chi connectivity index (χ2n) is 3.38. The van der Waals surface area contributed by atoms with Gasteiger partial charge in [0.15, 0.2) is 5.58 Å². The lowest BCUT2D eigenvalue weighted by molar-refractivity contribution is -0.131. The van der Waals surface area contributed by atoms with Crippen LogP contribution in [0.4, 0.5) is 0 Å². The summed E-state index contributed by atoms with van der Waals surface area (Å²) in [6.07, 6.45) is 0. The van der Waals surface area contributed by atoms with Gasteiger partial charge < -0.3 is 19.7 Å². The average molecular weight is 273 g/mol. The van der Waals surface area contributed by atoms with Crippen LogP contribution >= 0.6 is 12.4 Å². The molecular formula is C11H13ClN2O4. The van der Waals surface area contributed by atoms with Crippen LogP contribution in [0.2, 0.25) is 0 Å². The molecule has 0 saturated carbocycles. The van der Waals surface area contributed by atoms with Crippen molar-refractivity contribution < 1.29 is 18.8 Å². The van der Waals surface area contributed by atoms with Crippen LogP contribution in [0.3, 0.4) is 0 Å². The molecule has 6 nitrogen and oxygen atoms in total. The van der Waals surface area contributed by atoms with Gasteiger partial charge in [-0.2, -0.15) is 0 Å². The van der Waals surface area contributed by atoms with Crippen molar-refractivity contribution in [2.24, 2.45) is 5.73 Å². The molecule has 98 valence electrons. The number of rotatable bonds is 4. The van der Waals surface area contributed by atoms with Crippen molar-refractivity contribution >= 4 is 29.3 Å². The van der Waals surface area contributed by atoms with E-state index in [0.717, 1.165) is 0 Å². The number of halogens is 1. The van der Waals surface area contributed by atoms with E-state index in [1.54, 1.807) is 18.2 Å². The van der Waals surface area contributed by atoms with E-state index < -0.39 is 0 Å². The van der Waals surface area contributed by atoms with E-state index in [0.29, 0.717) is 35.8 Å². The molecule has 0 bridgehead atoms. The van der Waals surface area contributed by atoms with Gasteiger partial charge in [-0.25, -0.2) is 0 Å². The fourth-order valence-electron chi connectivity index (χ4n) is 1.38. The highest BCUT2D eigenvalue weighted by atomic mass is 35.5. The fourth-order valence-corrected chi connectivity index (χ4v) is 1.38. The van der Waals surface area contributed by atoms with E-state index in [9.17, 15) is 4.79 Å². The Kier molecular flexibility index (Phi) is 4.94. The molecule has 1 aromatic heterocycles. The van der Waals surface area contributed by atoms with Gasteiger partial charge in [-0.3, -0.25) is 4.79 Å². The number of hydrogen-bond acceptors (Lipinski definition) is 6. The van der Waals surface area contributed by atoms with E-state index in [2.05, 4.69) is 5.16 Å². The lowest BCUT2D eigenvalue weighted by Crippen LogP contribution is -2.10. The highest BCUT2D eigenvalue weighted by Crippen LogP contribution is 2.28. The molecule has 0 fully saturated rings. The molecule has 0 aliphatic carbocycles. The van der Waals surface area contributed by atoms with Gasteiger partial charge in [-0.05, 0) is 23.4 Å². The molecular weight excluding hydrogens is 260 g/mol. The van der Waals surface area contributed by atoms with E-state index in [4.69, 9.17) is 19.7 Å². The van der Waals surface area contributed by atoms with Gasteiger partial charge in [0.2, 0.25) is 0 Å². The summed E-state index contributed by atoms with van der Waals surface area (Å²) in [5, 5.41) is 4.41. The zero-order valence-corrected chi connectivity index (χ0v) is 10.5. The Morgan fingerprint density at radius 3 is 2.94 bits per heavy atom. The molecule has 7 heteroatoms. The average Bonchev–Trinajstić information content (AvgIpc) is 2.68. The Balaban J connectivity index is 0.00000162. The van der Waals surface area contributed by atoms with Crippen LogP contribution < -0.4 is 15.2 Å². The summed E-state index contributed by atoms with van der Waals surface area (Å²) in [6.45, 7) is 2.07. The lowest BCUT2D eigenvalue weighted by Gasteiger charge is -2.01. The minimum Gasteiger partial charge on any atom is -0.474 e. The minimum absolute atomic E-state index is 0. The molecule has 1 aromatic carbocycles. The molecule has 0 unspecified atom stereocenters. The molecule has 2 N–H and O–H groups in total. The lowest BCUT2D eigenvalue weighted by atomic mass is 10.2. The van der Waals surface area contributed by atoms with Crippen LogP contribution in [0, 0.1) is 0 Å². The first-order valence-electron chi connectivity index (χ1n) is 5.11. The van der Waals surface area contributed by atoms with Crippen molar-refractivity contribution in [3.63, 3.8) is 0 Å². The van der Waals surface area contributed by atoms with Crippen LogP contribution in [-0.4, -0.2) is 24.3 Å². The summed E-state index contributed by atoms with van der Waals surface area (Å²) in [5.41, 5.74) is 5.90. The van der Waals surface area contributed by atoms with E-state index >= 15 is 0 Å². The van der Waals surface area contributed by atoms with E-state index in [1.165, 1.54) is 6.92 Å². The molecule has 0 amide bonds. The van der Waals surface area contributed by atoms with Gasteiger partial charge >= 0.3 is 5.97 Å². The third kappa shape index (κ3) is 3.12. The second kappa shape index (κ2) is 6.23. The topological polar surface area (TPSA) is 87.6 Å². The third-order valence-corrected chi connectivity index (χ3v) is 2.03. The number of esters is 1. The van der Waals surface area contributed by atoms with Gasteiger partial charge in [0, 0.05) is 13.5 Å². The first kappa shape index (κ1) is 14.3. The van der Waals surface area contributed by atoms with Gasteiger partial charge in [-0.15, -0.1) is 12.4 Å². The molecule has 1 heterocycles.